The molecule has 3 rings (SSSR count). The Balaban J connectivity index is 2.30. The van der Waals surface area contributed by atoms with Crippen molar-refractivity contribution in [2.75, 3.05) is 0 Å². The minimum atomic E-state index is -0.991. The number of pyridine rings is 1. The Morgan fingerprint density at radius 2 is 1.55 bits per heavy atom. The average Bonchev–Trinajstić information content (AvgIpc) is 2.46. The number of aliphatic carboxylic acids is 1. The SMILES string of the molecule is N[C@H](Cc1c2ccccc2nc2ccccc12)C(=O)O. The normalized spacial score (nSPS) is 12.7. The molecule has 2 aromatic carbocycles. The fraction of sp³-hybridized carbons (Fsp3) is 0.125. The van der Waals surface area contributed by atoms with Crippen molar-refractivity contribution in [3.05, 3.63) is 54.1 Å². The third kappa shape index (κ3) is 2.10. The number of fused-ring (bicyclic) bond motifs is 2. The molecule has 4 nitrogen and oxygen atoms in total. The number of hydrogen-bond acceptors (Lipinski definition) is 3. The van der Waals surface area contributed by atoms with Gasteiger partial charge in [-0.25, -0.2) is 4.98 Å². The van der Waals surface area contributed by atoms with Gasteiger partial charge in [-0.05, 0) is 24.1 Å². The Morgan fingerprint density at radius 3 is 2.05 bits per heavy atom. The van der Waals surface area contributed by atoms with Gasteiger partial charge >= 0.3 is 5.97 Å². The first-order chi connectivity index (χ1) is 9.66. The van der Waals surface area contributed by atoms with Crippen molar-refractivity contribution in [2.45, 2.75) is 12.5 Å². The number of carboxylic acids is 1. The van der Waals surface area contributed by atoms with E-state index in [-0.39, 0.29) is 0 Å². The van der Waals surface area contributed by atoms with Gasteiger partial charge in [0.1, 0.15) is 6.04 Å². The van der Waals surface area contributed by atoms with Gasteiger partial charge in [-0.2, -0.15) is 0 Å². The van der Waals surface area contributed by atoms with Crippen molar-refractivity contribution in [2.24, 2.45) is 5.73 Å². The predicted octanol–water partition coefficient (Wildman–Crippen LogP) is 2.34. The summed E-state index contributed by atoms with van der Waals surface area (Å²) in [7, 11) is 0. The summed E-state index contributed by atoms with van der Waals surface area (Å²) in [5, 5.41) is 11.0. The minimum Gasteiger partial charge on any atom is -0.480 e. The molecule has 0 spiro atoms. The van der Waals surface area contributed by atoms with Crippen molar-refractivity contribution in [3.63, 3.8) is 0 Å². The van der Waals surface area contributed by atoms with E-state index in [0.717, 1.165) is 27.4 Å². The van der Waals surface area contributed by atoms with Crippen molar-refractivity contribution in [3.8, 4) is 0 Å². The second kappa shape index (κ2) is 4.90. The summed E-state index contributed by atoms with van der Waals surface area (Å²) in [4.78, 5) is 15.6. The summed E-state index contributed by atoms with van der Waals surface area (Å²) in [5.74, 6) is -0.991. The van der Waals surface area contributed by atoms with E-state index < -0.39 is 12.0 Å². The van der Waals surface area contributed by atoms with Crippen LogP contribution in [-0.4, -0.2) is 22.1 Å². The molecule has 3 N–H and O–H groups in total. The first-order valence-electron chi connectivity index (χ1n) is 6.41. The van der Waals surface area contributed by atoms with E-state index in [2.05, 4.69) is 4.98 Å². The van der Waals surface area contributed by atoms with E-state index in [9.17, 15) is 4.79 Å². The van der Waals surface area contributed by atoms with Gasteiger partial charge in [0, 0.05) is 10.8 Å². The standard InChI is InChI=1S/C16H14N2O2/c17-13(16(19)20)9-12-10-5-1-3-7-14(10)18-15-8-4-2-6-11(12)15/h1-8,13H,9,17H2,(H,19,20)/t13-/m1/s1. The molecule has 0 unspecified atom stereocenters. The first kappa shape index (κ1) is 12.6. The van der Waals surface area contributed by atoms with Crippen LogP contribution in [0.25, 0.3) is 21.8 Å². The largest absolute Gasteiger partial charge is 0.480 e. The maximum Gasteiger partial charge on any atom is 0.320 e. The van der Waals surface area contributed by atoms with Gasteiger partial charge in [0.05, 0.1) is 11.0 Å². The van der Waals surface area contributed by atoms with Gasteiger partial charge in [0.25, 0.3) is 0 Å². The van der Waals surface area contributed by atoms with Crippen LogP contribution in [0.3, 0.4) is 0 Å². The van der Waals surface area contributed by atoms with E-state index in [0.29, 0.717) is 6.42 Å². The Morgan fingerprint density at radius 1 is 1.05 bits per heavy atom. The summed E-state index contributed by atoms with van der Waals surface area (Å²) in [5.41, 5.74) is 8.38. The summed E-state index contributed by atoms with van der Waals surface area (Å²) >= 11 is 0. The zero-order valence-corrected chi connectivity index (χ0v) is 10.8. The predicted molar refractivity (Wildman–Crippen MR) is 78.6 cm³/mol. The topological polar surface area (TPSA) is 76.2 Å². The number of hydrogen-bond donors (Lipinski definition) is 2. The molecule has 0 amide bonds. The van der Waals surface area contributed by atoms with Crippen LogP contribution in [0, 0.1) is 0 Å². The number of nitrogens with two attached hydrogens (primary N) is 1. The van der Waals surface area contributed by atoms with Gasteiger partial charge < -0.3 is 10.8 Å². The highest BCUT2D eigenvalue weighted by molar-refractivity contribution is 5.97. The fourth-order valence-corrected chi connectivity index (χ4v) is 2.45. The molecule has 0 fully saturated rings. The van der Waals surface area contributed by atoms with E-state index in [4.69, 9.17) is 10.8 Å². The van der Waals surface area contributed by atoms with Crippen molar-refractivity contribution < 1.29 is 9.90 Å². The van der Waals surface area contributed by atoms with E-state index >= 15 is 0 Å². The van der Waals surface area contributed by atoms with Crippen LogP contribution >= 0.6 is 0 Å². The number of rotatable bonds is 3. The molecule has 0 aliphatic carbocycles. The monoisotopic (exact) mass is 266 g/mol. The molecule has 0 radical (unpaired) electrons. The Kier molecular flexibility index (Phi) is 3.08. The molecule has 1 atom stereocenters. The average molecular weight is 266 g/mol. The van der Waals surface area contributed by atoms with E-state index in [1.165, 1.54) is 0 Å². The van der Waals surface area contributed by atoms with Crippen LogP contribution in [0.2, 0.25) is 0 Å². The summed E-state index contributed by atoms with van der Waals surface area (Å²) in [6.45, 7) is 0. The lowest BCUT2D eigenvalue weighted by Gasteiger charge is -2.13. The van der Waals surface area contributed by atoms with Crippen LogP contribution in [0.1, 0.15) is 5.56 Å². The lowest BCUT2D eigenvalue weighted by atomic mass is 9.97. The lowest BCUT2D eigenvalue weighted by molar-refractivity contribution is -0.138. The molecule has 3 aromatic rings. The maximum absolute atomic E-state index is 11.0. The van der Waals surface area contributed by atoms with E-state index in [1.807, 2.05) is 48.5 Å². The van der Waals surface area contributed by atoms with Crippen LogP contribution in [0.15, 0.2) is 48.5 Å². The minimum absolute atomic E-state index is 0.291. The molecular formula is C16H14N2O2. The molecule has 20 heavy (non-hydrogen) atoms. The Bertz CT molecular complexity index is 745. The molecule has 0 bridgehead atoms. The highest BCUT2D eigenvalue weighted by Gasteiger charge is 2.16. The molecule has 4 heteroatoms. The molecular weight excluding hydrogens is 252 g/mol. The highest BCUT2D eigenvalue weighted by Crippen LogP contribution is 2.26. The molecule has 0 aliphatic rings. The fourth-order valence-electron chi connectivity index (χ4n) is 2.45. The van der Waals surface area contributed by atoms with Crippen LogP contribution < -0.4 is 5.73 Å². The number of benzene rings is 2. The van der Waals surface area contributed by atoms with Crippen LogP contribution in [-0.2, 0) is 11.2 Å². The summed E-state index contributed by atoms with van der Waals surface area (Å²) in [6.07, 6.45) is 0.291. The molecule has 100 valence electrons. The Labute approximate surface area is 115 Å². The van der Waals surface area contributed by atoms with E-state index in [1.54, 1.807) is 0 Å². The molecule has 0 saturated carbocycles. The number of nitrogens with zero attached hydrogens (tertiary/aromatic N) is 1. The quantitative estimate of drug-likeness (QED) is 0.713. The van der Waals surface area contributed by atoms with Crippen molar-refractivity contribution in [1.29, 1.82) is 0 Å². The molecule has 1 aromatic heterocycles. The zero-order chi connectivity index (χ0) is 14.1. The lowest BCUT2D eigenvalue weighted by Crippen LogP contribution is -2.32. The van der Waals surface area contributed by atoms with Crippen molar-refractivity contribution >= 4 is 27.8 Å². The van der Waals surface area contributed by atoms with Gasteiger partial charge in [-0.1, -0.05) is 36.4 Å². The number of para-hydroxylation sites is 2. The van der Waals surface area contributed by atoms with Crippen LogP contribution in [0.5, 0.6) is 0 Å². The van der Waals surface area contributed by atoms with Gasteiger partial charge in [-0.15, -0.1) is 0 Å². The summed E-state index contributed by atoms with van der Waals surface area (Å²) in [6, 6.07) is 14.6. The number of carbonyl (C=O) groups is 1. The van der Waals surface area contributed by atoms with Crippen molar-refractivity contribution in [1.82, 2.24) is 4.98 Å². The second-order valence-electron chi connectivity index (χ2n) is 4.77. The maximum atomic E-state index is 11.0. The summed E-state index contributed by atoms with van der Waals surface area (Å²) < 4.78 is 0. The third-order valence-corrected chi connectivity index (χ3v) is 3.44. The first-order valence-corrected chi connectivity index (χ1v) is 6.41. The van der Waals surface area contributed by atoms with Gasteiger partial charge in [0.2, 0.25) is 0 Å². The second-order valence-corrected chi connectivity index (χ2v) is 4.77. The molecule has 1 heterocycles. The Hall–Kier alpha value is -2.46. The number of carboxylic acid groups (broad SMARTS) is 1. The van der Waals surface area contributed by atoms with Crippen LogP contribution in [0.4, 0.5) is 0 Å². The molecule has 0 aliphatic heterocycles. The zero-order valence-electron chi connectivity index (χ0n) is 10.8. The van der Waals surface area contributed by atoms with Gasteiger partial charge in [-0.3, -0.25) is 4.79 Å². The highest BCUT2D eigenvalue weighted by atomic mass is 16.4. The third-order valence-electron chi connectivity index (χ3n) is 3.44. The number of aromatic nitrogens is 1. The smallest absolute Gasteiger partial charge is 0.320 e. The molecule has 0 saturated heterocycles. The van der Waals surface area contributed by atoms with Gasteiger partial charge in [0.15, 0.2) is 0 Å².